The highest BCUT2D eigenvalue weighted by Crippen LogP contribution is 2.22. The third-order valence-electron chi connectivity index (χ3n) is 3.50. The van der Waals surface area contributed by atoms with Crippen LogP contribution in [0.4, 0.5) is 5.88 Å². The molecular formula is C19H15N3O5. The number of hydrazone groups is 1. The van der Waals surface area contributed by atoms with Gasteiger partial charge in [-0.2, -0.15) is 5.10 Å². The molecule has 0 spiro atoms. The molecule has 0 fully saturated rings. The van der Waals surface area contributed by atoms with Crippen LogP contribution in [0.2, 0.25) is 0 Å². The van der Waals surface area contributed by atoms with Crippen molar-refractivity contribution < 1.29 is 18.9 Å². The molecule has 0 bridgehead atoms. The van der Waals surface area contributed by atoms with Gasteiger partial charge < -0.3 is 9.15 Å². The monoisotopic (exact) mass is 365 g/mol. The molecule has 1 amide bonds. The number of carbonyl (C=O) groups excluding carboxylic acids is 1. The molecule has 0 saturated heterocycles. The number of hydrogen-bond acceptors (Lipinski definition) is 6. The number of nitrogens with zero attached hydrogens (tertiary/aromatic N) is 2. The van der Waals surface area contributed by atoms with E-state index in [1.54, 1.807) is 12.1 Å². The normalized spacial score (nSPS) is 10.7. The average Bonchev–Trinajstić information content (AvgIpc) is 3.17. The number of nitro groups is 1. The van der Waals surface area contributed by atoms with E-state index in [1.807, 2.05) is 42.5 Å². The zero-order valence-corrected chi connectivity index (χ0v) is 14.1. The van der Waals surface area contributed by atoms with Gasteiger partial charge >= 0.3 is 5.88 Å². The standard InChI is InChI=1S/C19H15N3O5/c23-18(21-20-12-17-10-11-19(27-17)22(24)25)13-26-16-8-6-15(7-9-16)14-4-2-1-3-5-14/h1-12H,13H2,(H,21,23)/b20-12-. The summed E-state index contributed by atoms with van der Waals surface area (Å²) in [5.74, 6) is -0.167. The Bertz CT molecular complexity index is 949. The molecule has 0 unspecified atom stereocenters. The minimum atomic E-state index is -0.660. The molecular weight excluding hydrogens is 350 g/mol. The van der Waals surface area contributed by atoms with Crippen molar-refractivity contribution in [3.8, 4) is 16.9 Å². The maximum atomic E-state index is 11.7. The van der Waals surface area contributed by atoms with E-state index in [-0.39, 0.29) is 12.4 Å². The lowest BCUT2D eigenvalue weighted by atomic mass is 10.1. The predicted molar refractivity (Wildman–Crippen MR) is 98.5 cm³/mol. The molecule has 1 heterocycles. The van der Waals surface area contributed by atoms with E-state index < -0.39 is 16.7 Å². The van der Waals surface area contributed by atoms with E-state index >= 15 is 0 Å². The molecule has 0 radical (unpaired) electrons. The summed E-state index contributed by atoms with van der Waals surface area (Å²) in [5.41, 5.74) is 4.39. The second-order valence-corrected chi connectivity index (χ2v) is 5.41. The van der Waals surface area contributed by atoms with Crippen LogP contribution >= 0.6 is 0 Å². The number of benzene rings is 2. The molecule has 0 aliphatic carbocycles. The summed E-state index contributed by atoms with van der Waals surface area (Å²) < 4.78 is 10.3. The van der Waals surface area contributed by atoms with E-state index in [4.69, 9.17) is 9.15 Å². The van der Waals surface area contributed by atoms with Gasteiger partial charge in [0.05, 0.1) is 12.3 Å². The fourth-order valence-corrected chi connectivity index (χ4v) is 2.23. The Morgan fingerprint density at radius 3 is 2.44 bits per heavy atom. The van der Waals surface area contributed by atoms with E-state index in [9.17, 15) is 14.9 Å². The topological polar surface area (TPSA) is 107 Å². The highest BCUT2D eigenvalue weighted by atomic mass is 16.6. The van der Waals surface area contributed by atoms with Gasteiger partial charge in [0.15, 0.2) is 12.4 Å². The van der Waals surface area contributed by atoms with E-state index in [2.05, 4.69) is 10.5 Å². The summed E-state index contributed by atoms with van der Waals surface area (Å²) in [7, 11) is 0. The first kappa shape index (κ1) is 17.9. The Labute approximate surface area is 154 Å². The summed E-state index contributed by atoms with van der Waals surface area (Å²) in [4.78, 5) is 21.6. The number of carbonyl (C=O) groups is 1. The Morgan fingerprint density at radius 1 is 1.07 bits per heavy atom. The van der Waals surface area contributed by atoms with Gasteiger partial charge in [-0.05, 0) is 29.3 Å². The van der Waals surface area contributed by atoms with Crippen molar-refractivity contribution in [1.29, 1.82) is 0 Å². The van der Waals surface area contributed by atoms with Gasteiger partial charge in [0, 0.05) is 0 Å². The Morgan fingerprint density at radius 2 is 1.78 bits per heavy atom. The summed E-state index contributed by atoms with van der Waals surface area (Å²) in [5, 5.41) is 14.2. The zero-order valence-electron chi connectivity index (χ0n) is 14.1. The molecule has 0 saturated carbocycles. The lowest BCUT2D eigenvalue weighted by Gasteiger charge is -2.06. The van der Waals surface area contributed by atoms with Gasteiger partial charge in [-0.1, -0.05) is 42.5 Å². The van der Waals surface area contributed by atoms with Crippen molar-refractivity contribution >= 4 is 18.0 Å². The zero-order chi connectivity index (χ0) is 19.1. The summed E-state index contributed by atoms with van der Waals surface area (Å²) in [6, 6.07) is 19.8. The number of nitrogens with one attached hydrogen (secondary N) is 1. The Hall–Kier alpha value is -3.94. The maximum absolute atomic E-state index is 11.7. The minimum absolute atomic E-state index is 0.152. The van der Waals surface area contributed by atoms with Crippen molar-refractivity contribution in [2.45, 2.75) is 0 Å². The number of furan rings is 1. The van der Waals surface area contributed by atoms with Crippen molar-refractivity contribution in [3.63, 3.8) is 0 Å². The molecule has 8 heteroatoms. The Balaban J connectivity index is 1.47. The number of rotatable bonds is 7. The molecule has 3 aromatic rings. The van der Waals surface area contributed by atoms with Gasteiger partial charge in [0.2, 0.25) is 0 Å². The van der Waals surface area contributed by atoms with Crippen LogP contribution in [0.1, 0.15) is 5.76 Å². The van der Waals surface area contributed by atoms with Crippen LogP contribution in [0.25, 0.3) is 11.1 Å². The number of hydrogen-bond donors (Lipinski definition) is 1. The van der Waals surface area contributed by atoms with Gasteiger partial charge in [-0.25, -0.2) is 5.43 Å². The molecule has 27 heavy (non-hydrogen) atoms. The largest absolute Gasteiger partial charge is 0.484 e. The molecule has 0 aliphatic heterocycles. The van der Waals surface area contributed by atoms with E-state index in [1.165, 1.54) is 18.3 Å². The first-order chi connectivity index (χ1) is 13.1. The van der Waals surface area contributed by atoms with Crippen LogP contribution in [0.3, 0.4) is 0 Å². The molecule has 3 rings (SSSR count). The van der Waals surface area contributed by atoms with Crippen molar-refractivity contribution in [2.24, 2.45) is 5.10 Å². The first-order valence-corrected chi connectivity index (χ1v) is 7.96. The molecule has 1 aromatic heterocycles. The maximum Gasteiger partial charge on any atom is 0.433 e. The third-order valence-corrected chi connectivity index (χ3v) is 3.50. The second kappa shape index (κ2) is 8.43. The minimum Gasteiger partial charge on any atom is -0.484 e. The van der Waals surface area contributed by atoms with Gasteiger partial charge in [0.1, 0.15) is 10.7 Å². The molecule has 8 nitrogen and oxygen atoms in total. The molecule has 1 N–H and O–H groups in total. The van der Waals surface area contributed by atoms with Crippen molar-refractivity contribution in [1.82, 2.24) is 5.43 Å². The molecule has 0 atom stereocenters. The Kier molecular flexibility index (Phi) is 5.58. The predicted octanol–water partition coefficient (Wildman–Crippen LogP) is 3.38. The summed E-state index contributed by atoms with van der Waals surface area (Å²) >= 11 is 0. The number of ether oxygens (including phenoxy) is 1. The summed E-state index contributed by atoms with van der Waals surface area (Å²) in [6.07, 6.45) is 1.17. The smallest absolute Gasteiger partial charge is 0.433 e. The third kappa shape index (κ3) is 5.02. The van der Waals surface area contributed by atoms with Crippen LogP contribution in [-0.4, -0.2) is 23.7 Å². The van der Waals surface area contributed by atoms with E-state index in [0.717, 1.165) is 11.1 Å². The lowest BCUT2D eigenvalue weighted by Crippen LogP contribution is -2.24. The van der Waals surface area contributed by atoms with Crippen molar-refractivity contribution in [3.05, 3.63) is 82.6 Å². The number of amides is 1. The molecule has 0 aliphatic rings. The van der Waals surface area contributed by atoms with Crippen molar-refractivity contribution in [2.75, 3.05) is 6.61 Å². The van der Waals surface area contributed by atoms with Crippen LogP contribution in [0.5, 0.6) is 5.75 Å². The van der Waals surface area contributed by atoms with Crippen LogP contribution in [0.15, 0.2) is 76.2 Å². The SMILES string of the molecule is O=C(COc1ccc(-c2ccccc2)cc1)N/N=C\c1ccc([N+](=O)[O-])o1. The van der Waals surface area contributed by atoms with Crippen LogP contribution in [-0.2, 0) is 4.79 Å². The van der Waals surface area contributed by atoms with Crippen LogP contribution in [0, 0.1) is 10.1 Å². The van der Waals surface area contributed by atoms with Crippen LogP contribution < -0.4 is 10.2 Å². The van der Waals surface area contributed by atoms with Gasteiger partial charge in [-0.3, -0.25) is 14.9 Å². The van der Waals surface area contributed by atoms with E-state index in [0.29, 0.717) is 5.75 Å². The average molecular weight is 365 g/mol. The fourth-order valence-electron chi connectivity index (χ4n) is 2.23. The lowest BCUT2D eigenvalue weighted by molar-refractivity contribution is -0.402. The second-order valence-electron chi connectivity index (χ2n) is 5.41. The quantitative estimate of drug-likeness (QED) is 0.392. The molecule has 2 aromatic carbocycles. The highest BCUT2D eigenvalue weighted by Gasteiger charge is 2.10. The fraction of sp³-hybridized carbons (Fsp3) is 0.0526. The highest BCUT2D eigenvalue weighted by molar-refractivity contribution is 5.81. The molecule has 136 valence electrons. The van der Waals surface area contributed by atoms with Gasteiger partial charge in [-0.15, -0.1) is 0 Å². The first-order valence-electron chi connectivity index (χ1n) is 7.96. The summed E-state index contributed by atoms with van der Waals surface area (Å²) in [6.45, 7) is -0.222. The van der Waals surface area contributed by atoms with Gasteiger partial charge in [0.25, 0.3) is 5.91 Å².